The maximum atomic E-state index is 12.0. The van der Waals surface area contributed by atoms with E-state index in [0.717, 1.165) is 39.5 Å². The van der Waals surface area contributed by atoms with Gasteiger partial charge in [-0.05, 0) is 20.3 Å². The lowest BCUT2D eigenvalue weighted by Crippen LogP contribution is -2.37. The van der Waals surface area contributed by atoms with Crippen LogP contribution in [-0.4, -0.2) is 67.9 Å². The predicted octanol–water partition coefficient (Wildman–Crippen LogP) is 5.23. The molecule has 0 saturated heterocycles. The second kappa shape index (κ2) is 21.5. The first-order valence-corrected chi connectivity index (χ1v) is 17.2. The fourth-order valence-corrected chi connectivity index (χ4v) is 4.33. The summed E-state index contributed by atoms with van der Waals surface area (Å²) in [6.07, 6.45) is 17.6. The van der Waals surface area contributed by atoms with Gasteiger partial charge in [0.15, 0.2) is 17.1 Å². The van der Waals surface area contributed by atoms with Crippen molar-refractivity contribution in [1.29, 1.82) is 0 Å². The molecule has 0 radical (unpaired) electrons. The molecule has 39 heavy (non-hydrogen) atoms. The summed E-state index contributed by atoms with van der Waals surface area (Å²) in [7, 11) is -9.40. The van der Waals surface area contributed by atoms with E-state index in [1.54, 1.807) is 0 Å². The lowest BCUT2D eigenvalue weighted by atomic mass is 10.0. The molecule has 2 N–H and O–H groups in total. The fourth-order valence-electron chi connectivity index (χ4n) is 3.72. The van der Waals surface area contributed by atoms with Crippen molar-refractivity contribution in [3.05, 3.63) is 0 Å². The summed E-state index contributed by atoms with van der Waals surface area (Å²) in [4.78, 5) is 23.8. The Labute approximate surface area is 235 Å². The van der Waals surface area contributed by atoms with Gasteiger partial charge in [-0.3, -0.25) is 18.7 Å². The smallest absolute Gasteiger partial charge is 0.328 e. The summed E-state index contributed by atoms with van der Waals surface area (Å²) in [6, 6.07) is 0. The summed E-state index contributed by atoms with van der Waals surface area (Å²) in [5.74, 6) is -2.62. The monoisotopic (exact) mass is 602 g/mol. The van der Waals surface area contributed by atoms with Gasteiger partial charge in [-0.1, -0.05) is 103 Å². The zero-order chi connectivity index (χ0) is 29.7. The van der Waals surface area contributed by atoms with Crippen molar-refractivity contribution >= 4 is 32.2 Å². The first-order chi connectivity index (χ1) is 18.3. The zero-order valence-corrected chi connectivity index (χ0v) is 25.5. The molecule has 3 unspecified atom stereocenters. The average molecular weight is 603 g/mol. The Kier molecular flexibility index (Phi) is 20.8. The molecule has 0 amide bonds. The number of carbonyl (C=O) groups excluding carboxylic acids is 2. The Morgan fingerprint density at radius 2 is 0.974 bits per heavy atom. The number of rotatable bonds is 25. The Morgan fingerprint density at radius 3 is 1.36 bits per heavy atom. The molecule has 0 aliphatic carbocycles. The van der Waals surface area contributed by atoms with Gasteiger partial charge in [0.1, 0.15) is 0 Å². The normalized spacial score (nSPS) is 14.5. The van der Waals surface area contributed by atoms with Crippen LogP contribution in [0.25, 0.3) is 0 Å². The molecular formula is C26H50O11S2. The summed E-state index contributed by atoms with van der Waals surface area (Å²) >= 11 is 0. The largest absolute Gasteiger partial charge is 0.458 e. The molecule has 0 fully saturated rings. The highest BCUT2D eigenvalue weighted by Gasteiger charge is 2.32. The molecule has 0 aromatic rings. The van der Waals surface area contributed by atoms with E-state index in [9.17, 15) is 26.4 Å². The molecule has 0 aromatic carbocycles. The second-order valence-electron chi connectivity index (χ2n) is 9.98. The minimum absolute atomic E-state index is 0.113. The van der Waals surface area contributed by atoms with Crippen molar-refractivity contribution in [3.63, 3.8) is 0 Å². The van der Waals surface area contributed by atoms with Crippen LogP contribution in [0.4, 0.5) is 0 Å². The highest BCUT2D eigenvalue weighted by molar-refractivity contribution is 7.87. The lowest BCUT2D eigenvalue weighted by molar-refractivity contribution is -0.194. The van der Waals surface area contributed by atoms with Crippen molar-refractivity contribution in [3.8, 4) is 0 Å². The van der Waals surface area contributed by atoms with Crippen LogP contribution in [0.2, 0.25) is 0 Å². The van der Waals surface area contributed by atoms with E-state index in [-0.39, 0.29) is 6.61 Å². The third kappa shape index (κ3) is 20.3. The molecule has 3 atom stereocenters. The number of hydrogen-bond donors (Lipinski definition) is 2. The highest BCUT2D eigenvalue weighted by Crippen LogP contribution is 2.14. The number of ether oxygens (including phenoxy) is 3. The molecule has 0 saturated carbocycles. The predicted molar refractivity (Wildman–Crippen MR) is 148 cm³/mol. The van der Waals surface area contributed by atoms with Crippen LogP contribution >= 0.6 is 0 Å². The van der Waals surface area contributed by atoms with Gasteiger partial charge in [-0.2, -0.15) is 16.8 Å². The summed E-state index contributed by atoms with van der Waals surface area (Å²) < 4.78 is 77.6. The fraction of sp³-hybridized carbons (Fsp3) is 0.923. The van der Waals surface area contributed by atoms with E-state index in [0.29, 0.717) is 6.42 Å². The van der Waals surface area contributed by atoms with Crippen LogP contribution in [-0.2, 0) is 44.0 Å². The average Bonchev–Trinajstić information content (AvgIpc) is 2.86. The molecule has 0 bridgehead atoms. The standard InChI is InChI=1S/C26H50O11S2/c1-4-5-6-7-8-9-10-11-12-13-14-15-16-17-18-19-20-35-24(37-26(28)23(3)39(32,33)34)21-36-25(27)22(2)38(29,30)31/h22-24H,4-21H2,1-3H3,(H,29,30,31)(H,32,33,34). The van der Waals surface area contributed by atoms with E-state index in [1.807, 2.05) is 0 Å². The van der Waals surface area contributed by atoms with E-state index < -0.39 is 55.6 Å². The van der Waals surface area contributed by atoms with E-state index in [4.69, 9.17) is 23.3 Å². The van der Waals surface area contributed by atoms with Gasteiger partial charge in [0, 0.05) is 0 Å². The molecular weight excluding hydrogens is 552 g/mol. The molecule has 0 aromatic heterocycles. The molecule has 0 rings (SSSR count). The van der Waals surface area contributed by atoms with Gasteiger partial charge >= 0.3 is 11.9 Å². The topological polar surface area (TPSA) is 171 Å². The van der Waals surface area contributed by atoms with Crippen molar-refractivity contribution in [2.75, 3.05) is 13.2 Å². The Balaban J connectivity index is 4.18. The molecule has 232 valence electrons. The maximum Gasteiger partial charge on any atom is 0.328 e. The Morgan fingerprint density at radius 1 is 0.615 bits per heavy atom. The summed E-state index contributed by atoms with van der Waals surface area (Å²) in [5.41, 5.74) is 0. The summed E-state index contributed by atoms with van der Waals surface area (Å²) in [5, 5.41) is -3.77. The SMILES string of the molecule is CCCCCCCCCCCCCCCCCCOC(COC(=O)C(C)S(=O)(=O)O)OC(=O)C(C)S(=O)(=O)O. The minimum atomic E-state index is -4.71. The Hall–Kier alpha value is -1.28. The number of carbonyl (C=O) groups is 2. The van der Waals surface area contributed by atoms with Gasteiger partial charge < -0.3 is 14.2 Å². The Bertz CT molecular complexity index is 872. The third-order valence-corrected chi connectivity index (χ3v) is 8.64. The maximum absolute atomic E-state index is 12.0. The number of esters is 2. The zero-order valence-electron chi connectivity index (χ0n) is 23.8. The summed E-state index contributed by atoms with van der Waals surface area (Å²) in [6.45, 7) is 3.45. The second-order valence-corrected chi connectivity index (χ2v) is 13.5. The van der Waals surface area contributed by atoms with Crippen LogP contribution in [0.15, 0.2) is 0 Å². The van der Waals surface area contributed by atoms with Crippen molar-refractivity contribution in [2.24, 2.45) is 0 Å². The van der Waals surface area contributed by atoms with Gasteiger partial charge in [-0.15, -0.1) is 0 Å². The van der Waals surface area contributed by atoms with E-state index >= 15 is 0 Å². The molecule has 13 heteroatoms. The van der Waals surface area contributed by atoms with Crippen LogP contribution in [0.1, 0.15) is 124 Å². The number of unbranched alkanes of at least 4 members (excludes halogenated alkanes) is 15. The van der Waals surface area contributed by atoms with E-state index in [2.05, 4.69) is 6.92 Å². The van der Waals surface area contributed by atoms with Gasteiger partial charge in [-0.25, -0.2) is 0 Å². The van der Waals surface area contributed by atoms with Crippen molar-refractivity contribution < 1.29 is 49.7 Å². The molecule has 0 heterocycles. The van der Waals surface area contributed by atoms with Crippen molar-refractivity contribution in [2.45, 2.75) is 140 Å². The molecule has 0 aliphatic heterocycles. The molecule has 0 spiro atoms. The minimum Gasteiger partial charge on any atom is -0.458 e. The number of hydrogen-bond acceptors (Lipinski definition) is 9. The first kappa shape index (κ1) is 37.7. The third-order valence-electron chi connectivity index (χ3n) is 6.47. The van der Waals surface area contributed by atoms with Crippen LogP contribution in [0, 0.1) is 0 Å². The van der Waals surface area contributed by atoms with Crippen molar-refractivity contribution in [1.82, 2.24) is 0 Å². The van der Waals surface area contributed by atoms with Gasteiger partial charge in [0.25, 0.3) is 20.2 Å². The van der Waals surface area contributed by atoms with E-state index in [1.165, 1.54) is 70.6 Å². The van der Waals surface area contributed by atoms with Crippen LogP contribution in [0.3, 0.4) is 0 Å². The quantitative estimate of drug-likeness (QED) is 0.0607. The highest BCUT2D eigenvalue weighted by atomic mass is 32.2. The molecule has 0 aliphatic rings. The van der Waals surface area contributed by atoms with Gasteiger partial charge in [0.2, 0.25) is 6.29 Å². The lowest BCUT2D eigenvalue weighted by Gasteiger charge is -2.20. The first-order valence-electron chi connectivity index (χ1n) is 14.2. The van der Waals surface area contributed by atoms with Crippen LogP contribution in [0.5, 0.6) is 0 Å². The molecule has 11 nitrogen and oxygen atoms in total. The van der Waals surface area contributed by atoms with Gasteiger partial charge in [0.05, 0.1) is 6.61 Å². The van der Waals surface area contributed by atoms with Crippen LogP contribution < -0.4 is 0 Å².